The van der Waals surface area contributed by atoms with Gasteiger partial charge in [-0.1, -0.05) is 110 Å². The van der Waals surface area contributed by atoms with Crippen molar-refractivity contribution in [3.63, 3.8) is 0 Å². The second-order valence-corrected chi connectivity index (χ2v) is 16.9. The molecule has 0 saturated heterocycles. The number of ketones is 1. The SMILES string of the molecule is C1CCC(NC2CCCCC2)CC1.C1CCC(NC2CCCCC2)CC1.[2H]C([2H])([2H])C([2H])([2H])C([2H])([2H])CC(F)(F)C(O)CC[C@H]1[C@H](O)CC(=O)[C@@H]1CCCCCCC(=O)O. The molecule has 0 spiro atoms. The van der Waals surface area contributed by atoms with E-state index in [4.69, 9.17) is 14.7 Å². The molecule has 0 aromatic carbocycles. The van der Waals surface area contributed by atoms with Crippen LogP contribution in [0, 0.1) is 11.8 Å². The highest BCUT2D eigenvalue weighted by atomic mass is 19.3. The maximum absolute atomic E-state index is 14.5. The summed E-state index contributed by atoms with van der Waals surface area (Å²) in [5.41, 5.74) is 0. The molecule has 0 radical (unpaired) electrons. The van der Waals surface area contributed by atoms with Crippen LogP contribution in [0.2, 0.25) is 0 Å². The summed E-state index contributed by atoms with van der Waals surface area (Å²) in [5.74, 6) is -6.53. The van der Waals surface area contributed by atoms with Gasteiger partial charge in [0.25, 0.3) is 5.92 Å². The highest BCUT2D eigenvalue weighted by molar-refractivity contribution is 5.84. The number of hydrogen-bond donors (Lipinski definition) is 5. The Hall–Kier alpha value is -1.16. The van der Waals surface area contributed by atoms with Crippen LogP contribution in [-0.4, -0.2) is 69.4 Å². The Labute approximate surface area is 331 Å². The molecular weight excluding hydrogens is 674 g/mol. The molecule has 5 aliphatic rings. The van der Waals surface area contributed by atoms with Crippen molar-refractivity contribution in [3.05, 3.63) is 0 Å². The molecule has 0 aromatic heterocycles. The summed E-state index contributed by atoms with van der Waals surface area (Å²) in [7, 11) is 0. The Bertz CT molecular complexity index is 1160. The van der Waals surface area contributed by atoms with Gasteiger partial charge < -0.3 is 26.0 Å². The largest absolute Gasteiger partial charge is 0.481 e. The molecule has 5 rings (SSSR count). The Balaban J connectivity index is 0.000000295. The number of hydrogen-bond acceptors (Lipinski definition) is 6. The van der Waals surface area contributed by atoms with Crippen molar-refractivity contribution in [3.8, 4) is 0 Å². The van der Waals surface area contributed by atoms with Crippen molar-refractivity contribution in [2.24, 2.45) is 11.8 Å². The van der Waals surface area contributed by atoms with Gasteiger partial charge in [0.15, 0.2) is 0 Å². The Morgan fingerprint density at radius 1 is 0.774 bits per heavy atom. The van der Waals surface area contributed by atoms with Crippen LogP contribution in [0.15, 0.2) is 0 Å². The van der Waals surface area contributed by atoms with E-state index in [0.717, 1.165) is 24.2 Å². The summed E-state index contributed by atoms with van der Waals surface area (Å²) >= 11 is 0. The van der Waals surface area contributed by atoms with E-state index in [1.54, 1.807) is 0 Å². The number of aliphatic carboxylic acids is 1. The molecule has 1 unspecified atom stereocenters. The van der Waals surface area contributed by atoms with Crippen LogP contribution >= 0.6 is 0 Å². The van der Waals surface area contributed by atoms with Crippen LogP contribution in [0.3, 0.4) is 0 Å². The van der Waals surface area contributed by atoms with Gasteiger partial charge in [-0.05, 0) is 89.3 Å². The fourth-order valence-corrected chi connectivity index (χ4v) is 9.36. The molecule has 5 aliphatic carbocycles. The molecule has 0 heterocycles. The van der Waals surface area contributed by atoms with Gasteiger partial charge >= 0.3 is 5.97 Å². The van der Waals surface area contributed by atoms with Gasteiger partial charge in [-0.15, -0.1) is 0 Å². The summed E-state index contributed by atoms with van der Waals surface area (Å²) in [6.45, 7) is -3.49. The highest BCUT2D eigenvalue weighted by Gasteiger charge is 2.43. The first-order valence-corrected chi connectivity index (χ1v) is 21.7. The number of halogens is 2. The van der Waals surface area contributed by atoms with Crippen LogP contribution in [-0.2, 0) is 9.59 Å². The van der Waals surface area contributed by atoms with Crippen molar-refractivity contribution in [1.82, 2.24) is 10.6 Å². The van der Waals surface area contributed by atoms with Crippen LogP contribution in [0.4, 0.5) is 8.78 Å². The van der Waals surface area contributed by atoms with Crippen LogP contribution in [0.25, 0.3) is 0 Å². The Morgan fingerprint density at radius 3 is 1.66 bits per heavy atom. The summed E-state index contributed by atoms with van der Waals surface area (Å²) in [4.78, 5) is 22.8. The van der Waals surface area contributed by atoms with Crippen molar-refractivity contribution in [1.29, 1.82) is 0 Å². The fraction of sp³-hybridized carbons (Fsp3) is 0.955. The van der Waals surface area contributed by atoms with Gasteiger partial charge in [0.2, 0.25) is 0 Å². The second kappa shape index (κ2) is 26.6. The lowest BCUT2D eigenvalue weighted by atomic mass is 9.84. The number of nitrogens with one attached hydrogen (secondary N) is 2. The van der Waals surface area contributed by atoms with E-state index in [9.17, 15) is 28.6 Å². The Kier molecular flexibility index (Phi) is 18.2. The van der Waals surface area contributed by atoms with Crippen molar-refractivity contribution >= 4 is 11.8 Å². The van der Waals surface area contributed by atoms with Gasteiger partial charge in [0.05, 0.1) is 6.10 Å². The molecular formula is C44H80F2N2O5. The molecule has 0 aliphatic heterocycles. The number of carbonyl (C=O) groups is 2. The number of aliphatic hydroxyl groups excluding tert-OH is 2. The van der Waals surface area contributed by atoms with Gasteiger partial charge in [0, 0.05) is 58.9 Å². The molecule has 5 saturated carbocycles. The minimum atomic E-state index is -4.14. The third kappa shape index (κ3) is 19.0. The molecule has 0 aromatic rings. The molecule has 4 atom stereocenters. The number of rotatable bonds is 18. The summed E-state index contributed by atoms with van der Waals surface area (Å²) in [5, 5.41) is 36.6. The lowest BCUT2D eigenvalue weighted by Gasteiger charge is -2.30. The first-order valence-electron chi connectivity index (χ1n) is 25.2. The topological polar surface area (TPSA) is 119 Å². The normalized spacial score (nSPS) is 28.7. The molecule has 53 heavy (non-hydrogen) atoms. The second-order valence-electron chi connectivity index (χ2n) is 16.9. The predicted molar refractivity (Wildman–Crippen MR) is 211 cm³/mol. The van der Waals surface area contributed by atoms with E-state index in [2.05, 4.69) is 10.6 Å². The average molecular weight is 762 g/mol. The van der Waals surface area contributed by atoms with Crippen molar-refractivity contribution in [2.75, 3.05) is 0 Å². The molecule has 5 fully saturated rings. The lowest BCUT2D eigenvalue weighted by molar-refractivity contribution is -0.137. The molecule has 0 bridgehead atoms. The number of Topliss-reactive ketones (excluding diaryl/α,β-unsaturated/α-hetero) is 1. The number of unbranched alkanes of at least 4 members (excludes halogenated alkanes) is 3. The first kappa shape index (κ1) is 36.2. The lowest BCUT2D eigenvalue weighted by Crippen LogP contribution is -2.40. The van der Waals surface area contributed by atoms with E-state index in [1.165, 1.54) is 128 Å². The van der Waals surface area contributed by atoms with E-state index in [0.29, 0.717) is 32.1 Å². The van der Waals surface area contributed by atoms with Gasteiger partial charge in [-0.25, -0.2) is 8.78 Å². The van der Waals surface area contributed by atoms with E-state index in [-0.39, 0.29) is 25.0 Å². The standard InChI is InChI=1S/C20H34F2O5.2C12H23N/c1-2-3-12-20(21,22)18(25)11-10-15-14(16(23)13-17(15)24)8-6-4-5-7-9-19(26)27;2*1-3-7-11(8-4-1)13-12-9-5-2-6-10-12/h14-15,17-18,24-25H,2-13H2,1H3,(H,26,27);2*11-13H,1-10H2/t14-,15-,17-,18?;;/m1../s1/i1D3,2D2,3D2;;. The van der Waals surface area contributed by atoms with Crippen molar-refractivity contribution in [2.45, 2.75) is 255 Å². The maximum atomic E-state index is 14.5. The van der Waals surface area contributed by atoms with Gasteiger partial charge in [-0.3, -0.25) is 9.59 Å². The van der Waals surface area contributed by atoms with E-state index < -0.39 is 68.4 Å². The number of aliphatic hydroxyl groups is 2. The minimum Gasteiger partial charge on any atom is -0.481 e. The zero-order valence-corrected chi connectivity index (χ0v) is 32.7. The summed E-state index contributed by atoms with van der Waals surface area (Å²) in [6.07, 6.45) is 18.7. The molecule has 7 nitrogen and oxygen atoms in total. The maximum Gasteiger partial charge on any atom is 0.303 e. The van der Waals surface area contributed by atoms with E-state index in [1.807, 2.05) is 0 Å². The number of carboxylic acids is 1. The zero-order valence-electron chi connectivity index (χ0n) is 39.7. The molecule has 0 amide bonds. The fourth-order valence-electron chi connectivity index (χ4n) is 9.36. The first-order chi connectivity index (χ1) is 28.2. The molecule has 310 valence electrons. The van der Waals surface area contributed by atoms with Crippen LogP contribution in [0.1, 0.15) is 222 Å². The van der Waals surface area contributed by atoms with Gasteiger partial charge in [0.1, 0.15) is 11.9 Å². The minimum absolute atomic E-state index is 0.0433. The third-order valence-corrected chi connectivity index (χ3v) is 12.5. The third-order valence-electron chi connectivity index (χ3n) is 12.5. The predicted octanol–water partition coefficient (Wildman–Crippen LogP) is 10.4. The number of carbonyl (C=O) groups excluding carboxylic acids is 1. The quantitative estimate of drug-likeness (QED) is 0.0883. The summed E-state index contributed by atoms with van der Waals surface area (Å²) in [6, 6.07) is 3.49. The van der Waals surface area contributed by atoms with Crippen LogP contribution in [0.5, 0.6) is 0 Å². The zero-order chi connectivity index (χ0) is 44.4. The Morgan fingerprint density at radius 2 is 1.23 bits per heavy atom. The van der Waals surface area contributed by atoms with Crippen LogP contribution < -0.4 is 10.6 Å². The summed E-state index contributed by atoms with van der Waals surface area (Å²) < 4.78 is 80.5. The smallest absolute Gasteiger partial charge is 0.303 e. The highest BCUT2D eigenvalue weighted by Crippen LogP contribution is 2.38. The molecule has 5 N–H and O–H groups in total. The van der Waals surface area contributed by atoms with Crippen molar-refractivity contribution < 1.29 is 43.3 Å². The number of alkyl halides is 2. The van der Waals surface area contributed by atoms with E-state index >= 15 is 0 Å². The van der Waals surface area contributed by atoms with Gasteiger partial charge in [-0.2, -0.15) is 0 Å². The average Bonchev–Trinajstić information content (AvgIpc) is 3.46. The number of carboxylic acid groups (broad SMARTS) is 1. The monoisotopic (exact) mass is 762 g/mol. The molecule has 9 heteroatoms.